The molecule has 2 unspecified atom stereocenters. The summed E-state index contributed by atoms with van der Waals surface area (Å²) in [5, 5.41) is 3.46. The summed E-state index contributed by atoms with van der Waals surface area (Å²) in [4.78, 5) is 0. The lowest BCUT2D eigenvalue weighted by atomic mass is 9.86. The zero-order valence-corrected chi connectivity index (χ0v) is 9.39. The van der Waals surface area contributed by atoms with Crippen LogP contribution in [0, 0.1) is 11.3 Å². The summed E-state index contributed by atoms with van der Waals surface area (Å²) in [6, 6.07) is 0.669. The lowest BCUT2D eigenvalue weighted by Gasteiger charge is -2.29. The molecule has 0 aromatic carbocycles. The number of nitrogens with one attached hydrogen (secondary N) is 1. The van der Waals surface area contributed by atoms with Crippen molar-refractivity contribution in [3.8, 4) is 0 Å². The lowest BCUT2D eigenvalue weighted by Crippen LogP contribution is -2.39. The molecular formula is C11H23NO. The second kappa shape index (κ2) is 4.43. The molecule has 2 heteroatoms. The molecule has 78 valence electrons. The van der Waals surface area contributed by atoms with E-state index in [1.54, 1.807) is 7.11 Å². The molecule has 0 aromatic heterocycles. The topological polar surface area (TPSA) is 21.3 Å². The minimum absolute atomic E-state index is 0.571. The van der Waals surface area contributed by atoms with Gasteiger partial charge >= 0.3 is 0 Å². The van der Waals surface area contributed by atoms with E-state index < -0.39 is 0 Å². The Balaban J connectivity index is 2.36. The molecule has 2 nitrogen and oxygen atoms in total. The zero-order valence-electron chi connectivity index (χ0n) is 9.39. The van der Waals surface area contributed by atoms with E-state index in [9.17, 15) is 0 Å². The Morgan fingerprint density at radius 2 is 2.08 bits per heavy atom. The van der Waals surface area contributed by atoms with Crippen molar-refractivity contribution >= 4 is 0 Å². The van der Waals surface area contributed by atoms with Gasteiger partial charge in [-0.25, -0.2) is 0 Å². The molecule has 2 atom stereocenters. The SMILES string of the molecule is CNC(C(C)CCOC)C1(C)CC1. The fraction of sp³-hybridized carbons (Fsp3) is 1.00. The Kier molecular flexibility index (Phi) is 3.74. The molecule has 0 amide bonds. The van der Waals surface area contributed by atoms with Gasteiger partial charge in [0, 0.05) is 19.8 Å². The normalized spacial score (nSPS) is 24.0. The first kappa shape index (κ1) is 11.0. The van der Waals surface area contributed by atoms with E-state index in [0.29, 0.717) is 11.5 Å². The fourth-order valence-electron chi connectivity index (χ4n) is 2.30. The van der Waals surface area contributed by atoms with E-state index in [2.05, 4.69) is 26.2 Å². The summed E-state index contributed by atoms with van der Waals surface area (Å²) in [5.41, 5.74) is 0.571. The standard InChI is InChI=1S/C11H23NO/c1-9(5-8-13-4)10(12-3)11(2)6-7-11/h9-10,12H,5-8H2,1-4H3. The number of rotatable bonds is 6. The van der Waals surface area contributed by atoms with Crippen LogP contribution < -0.4 is 5.32 Å². The van der Waals surface area contributed by atoms with Crippen LogP contribution in [-0.4, -0.2) is 26.8 Å². The number of hydrogen-bond acceptors (Lipinski definition) is 2. The molecule has 0 aliphatic heterocycles. The van der Waals surface area contributed by atoms with E-state index in [-0.39, 0.29) is 0 Å². The maximum Gasteiger partial charge on any atom is 0.0465 e. The van der Waals surface area contributed by atoms with Crippen LogP contribution >= 0.6 is 0 Å². The average Bonchev–Trinajstić information content (AvgIpc) is 2.82. The molecule has 1 aliphatic rings. The Hall–Kier alpha value is -0.0800. The summed E-state index contributed by atoms with van der Waals surface area (Å²) in [7, 11) is 3.86. The van der Waals surface area contributed by atoms with Crippen LogP contribution in [0.25, 0.3) is 0 Å². The summed E-state index contributed by atoms with van der Waals surface area (Å²) in [6.07, 6.45) is 3.93. The van der Waals surface area contributed by atoms with Gasteiger partial charge < -0.3 is 10.1 Å². The van der Waals surface area contributed by atoms with E-state index in [1.165, 1.54) is 12.8 Å². The van der Waals surface area contributed by atoms with Gasteiger partial charge in [-0.3, -0.25) is 0 Å². The van der Waals surface area contributed by atoms with Gasteiger partial charge in [-0.05, 0) is 37.6 Å². The second-order valence-corrected chi connectivity index (χ2v) is 4.68. The first-order valence-corrected chi connectivity index (χ1v) is 5.30. The van der Waals surface area contributed by atoms with E-state index in [4.69, 9.17) is 4.74 Å². The van der Waals surface area contributed by atoms with Gasteiger partial charge in [0.15, 0.2) is 0 Å². The predicted molar refractivity (Wildman–Crippen MR) is 55.8 cm³/mol. The largest absolute Gasteiger partial charge is 0.385 e. The molecule has 1 saturated carbocycles. The molecular weight excluding hydrogens is 162 g/mol. The quantitative estimate of drug-likeness (QED) is 0.684. The fourth-order valence-corrected chi connectivity index (χ4v) is 2.30. The van der Waals surface area contributed by atoms with Crippen molar-refractivity contribution < 1.29 is 4.74 Å². The van der Waals surface area contributed by atoms with Gasteiger partial charge in [-0.2, -0.15) is 0 Å². The highest BCUT2D eigenvalue weighted by Gasteiger charge is 2.45. The van der Waals surface area contributed by atoms with Crippen molar-refractivity contribution in [3.05, 3.63) is 0 Å². The molecule has 1 rings (SSSR count). The van der Waals surface area contributed by atoms with Crippen LogP contribution in [0.1, 0.15) is 33.1 Å². The number of methoxy groups -OCH3 is 1. The van der Waals surface area contributed by atoms with Crippen LogP contribution in [-0.2, 0) is 4.74 Å². The highest BCUT2D eigenvalue weighted by Crippen LogP contribution is 2.50. The monoisotopic (exact) mass is 185 g/mol. The summed E-state index contributed by atoms with van der Waals surface area (Å²) in [6.45, 7) is 5.59. The molecule has 1 N–H and O–H groups in total. The molecule has 1 aliphatic carbocycles. The Labute approximate surface area is 82.0 Å². The van der Waals surface area contributed by atoms with Crippen molar-refractivity contribution in [1.82, 2.24) is 5.32 Å². The lowest BCUT2D eigenvalue weighted by molar-refractivity contribution is 0.158. The minimum Gasteiger partial charge on any atom is -0.385 e. The highest BCUT2D eigenvalue weighted by molar-refractivity contribution is 5.00. The molecule has 0 bridgehead atoms. The number of hydrogen-bond donors (Lipinski definition) is 1. The maximum absolute atomic E-state index is 5.11. The summed E-state index contributed by atoms with van der Waals surface area (Å²) in [5.74, 6) is 0.720. The van der Waals surface area contributed by atoms with Crippen LogP contribution in [0.4, 0.5) is 0 Å². The zero-order chi connectivity index (χ0) is 9.90. The van der Waals surface area contributed by atoms with Crippen LogP contribution in [0.15, 0.2) is 0 Å². The van der Waals surface area contributed by atoms with Crippen molar-refractivity contribution in [2.45, 2.75) is 39.2 Å². The summed E-state index contributed by atoms with van der Waals surface area (Å²) >= 11 is 0. The van der Waals surface area contributed by atoms with Gasteiger partial charge in [0.05, 0.1) is 0 Å². The Morgan fingerprint density at radius 1 is 1.46 bits per heavy atom. The van der Waals surface area contributed by atoms with Gasteiger partial charge in [0.1, 0.15) is 0 Å². The van der Waals surface area contributed by atoms with Crippen molar-refractivity contribution in [2.24, 2.45) is 11.3 Å². The van der Waals surface area contributed by atoms with Gasteiger partial charge in [0.25, 0.3) is 0 Å². The molecule has 0 radical (unpaired) electrons. The van der Waals surface area contributed by atoms with Gasteiger partial charge in [0.2, 0.25) is 0 Å². The Bertz CT molecular complexity index is 154. The molecule has 0 aromatic rings. The Morgan fingerprint density at radius 3 is 2.46 bits per heavy atom. The molecule has 1 fully saturated rings. The van der Waals surface area contributed by atoms with Crippen LogP contribution in [0.5, 0.6) is 0 Å². The highest BCUT2D eigenvalue weighted by atomic mass is 16.5. The third-order valence-corrected chi connectivity index (χ3v) is 3.45. The maximum atomic E-state index is 5.11. The molecule has 0 heterocycles. The molecule has 13 heavy (non-hydrogen) atoms. The predicted octanol–water partition coefficient (Wildman–Crippen LogP) is 2.05. The second-order valence-electron chi connectivity index (χ2n) is 4.68. The third kappa shape index (κ3) is 2.68. The average molecular weight is 185 g/mol. The van der Waals surface area contributed by atoms with Crippen molar-refractivity contribution in [3.63, 3.8) is 0 Å². The number of ether oxygens (including phenoxy) is 1. The first-order chi connectivity index (χ1) is 6.14. The summed E-state index contributed by atoms with van der Waals surface area (Å²) < 4.78 is 5.11. The molecule has 0 spiro atoms. The third-order valence-electron chi connectivity index (χ3n) is 3.45. The van der Waals surface area contributed by atoms with E-state index >= 15 is 0 Å². The molecule has 0 saturated heterocycles. The first-order valence-electron chi connectivity index (χ1n) is 5.30. The minimum atomic E-state index is 0.571. The van der Waals surface area contributed by atoms with Crippen LogP contribution in [0.2, 0.25) is 0 Å². The van der Waals surface area contributed by atoms with Gasteiger partial charge in [-0.1, -0.05) is 13.8 Å². The van der Waals surface area contributed by atoms with Crippen molar-refractivity contribution in [1.29, 1.82) is 0 Å². The smallest absolute Gasteiger partial charge is 0.0465 e. The van der Waals surface area contributed by atoms with E-state index in [1.807, 2.05) is 0 Å². The van der Waals surface area contributed by atoms with Gasteiger partial charge in [-0.15, -0.1) is 0 Å². The van der Waals surface area contributed by atoms with Crippen LogP contribution in [0.3, 0.4) is 0 Å². The van der Waals surface area contributed by atoms with Crippen molar-refractivity contribution in [2.75, 3.05) is 20.8 Å². The van der Waals surface area contributed by atoms with E-state index in [0.717, 1.165) is 18.9 Å².